The van der Waals surface area contributed by atoms with Crippen LogP contribution >= 0.6 is 11.3 Å². The summed E-state index contributed by atoms with van der Waals surface area (Å²) in [6.07, 6.45) is 3.73. The molecule has 2 aliphatic rings. The van der Waals surface area contributed by atoms with Crippen LogP contribution in [0.15, 0.2) is 34.5 Å². The van der Waals surface area contributed by atoms with Gasteiger partial charge in [0.1, 0.15) is 0 Å². The number of piperidine rings is 1. The van der Waals surface area contributed by atoms with Crippen LogP contribution in [0.2, 0.25) is 0 Å². The van der Waals surface area contributed by atoms with E-state index in [-0.39, 0.29) is 10.8 Å². The van der Waals surface area contributed by atoms with Crippen LogP contribution in [0.4, 0.5) is 0 Å². The maximum absolute atomic E-state index is 13.1. The number of hydrogen-bond acceptors (Lipinski definition) is 4. The Balaban J connectivity index is 1.61. The molecule has 1 saturated heterocycles. The summed E-state index contributed by atoms with van der Waals surface area (Å²) in [4.78, 5) is 16.4. The average molecular weight is 405 g/mol. The van der Waals surface area contributed by atoms with Gasteiger partial charge in [-0.25, -0.2) is 8.42 Å². The fraction of sp³-hybridized carbons (Fsp3) is 0.450. The zero-order chi connectivity index (χ0) is 19.0. The first kappa shape index (κ1) is 18.7. The molecular formula is C20H24N2O3S2. The monoisotopic (exact) mass is 404 g/mol. The number of rotatable bonds is 3. The largest absolute Gasteiger partial charge is 0.334 e. The standard InChI is InChI=1S/C20H24N2O3S2/c1-15-5-6-16(13-19(15)27(24,25)22-9-3-2-4-10-22)20(23)21-11-7-18-17(14-21)8-12-26-18/h5-6,8,12-13H,2-4,7,9-11,14H2,1H3. The van der Waals surface area contributed by atoms with Crippen LogP contribution in [0.5, 0.6) is 0 Å². The molecule has 0 saturated carbocycles. The Kier molecular flexibility index (Phi) is 5.09. The highest BCUT2D eigenvalue weighted by molar-refractivity contribution is 7.89. The van der Waals surface area contributed by atoms with E-state index in [0.29, 0.717) is 37.3 Å². The second-order valence-electron chi connectivity index (χ2n) is 7.29. The van der Waals surface area contributed by atoms with E-state index >= 15 is 0 Å². The second-order valence-corrected chi connectivity index (χ2v) is 10.2. The molecule has 0 radical (unpaired) electrons. The number of carbonyl (C=O) groups excluding carboxylic acids is 1. The third kappa shape index (κ3) is 3.56. The second kappa shape index (κ2) is 7.37. The number of benzene rings is 1. The molecule has 4 rings (SSSR count). The van der Waals surface area contributed by atoms with Crippen LogP contribution in [0.25, 0.3) is 0 Å². The normalized spacial score (nSPS) is 18.3. The number of fused-ring (bicyclic) bond motifs is 1. The van der Waals surface area contributed by atoms with Crippen LogP contribution in [0, 0.1) is 6.92 Å². The third-order valence-electron chi connectivity index (χ3n) is 5.46. The van der Waals surface area contributed by atoms with E-state index in [0.717, 1.165) is 25.7 Å². The quantitative estimate of drug-likeness (QED) is 0.788. The molecule has 1 amide bonds. The van der Waals surface area contributed by atoms with Gasteiger partial charge in [-0.1, -0.05) is 12.5 Å². The van der Waals surface area contributed by atoms with Gasteiger partial charge in [-0.2, -0.15) is 4.31 Å². The number of hydrogen-bond donors (Lipinski definition) is 0. The van der Waals surface area contributed by atoms with Gasteiger partial charge in [-0.05, 0) is 60.9 Å². The van der Waals surface area contributed by atoms with Gasteiger partial charge in [-0.15, -0.1) is 11.3 Å². The zero-order valence-electron chi connectivity index (χ0n) is 15.5. The SMILES string of the molecule is Cc1ccc(C(=O)N2CCc3sccc3C2)cc1S(=O)(=O)N1CCCCC1. The lowest BCUT2D eigenvalue weighted by Crippen LogP contribution is -2.37. The van der Waals surface area contributed by atoms with E-state index in [1.54, 1.807) is 40.8 Å². The summed E-state index contributed by atoms with van der Waals surface area (Å²) in [5, 5.41) is 2.06. The van der Waals surface area contributed by atoms with Gasteiger partial charge >= 0.3 is 0 Å². The van der Waals surface area contributed by atoms with Gasteiger partial charge in [0.05, 0.1) is 4.90 Å². The van der Waals surface area contributed by atoms with Crippen molar-refractivity contribution in [3.63, 3.8) is 0 Å². The molecule has 0 atom stereocenters. The summed E-state index contributed by atoms with van der Waals surface area (Å²) < 4.78 is 27.7. The van der Waals surface area contributed by atoms with Crippen LogP contribution in [0.3, 0.4) is 0 Å². The first-order valence-corrected chi connectivity index (χ1v) is 11.7. The predicted molar refractivity (Wildman–Crippen MR) is 107 cm³/mol. The average Bonchev–Trinajstić information content (AvgIpc) is 3.16. The highest BCUT2D eigenvalue weighted by Gasteiger charge is 2.29. The highest BCUT2D eigenvalue weighted by Crippen LogP contribution is 2.27. The molecule has 0 unspecified atom stereocenters. The Labute approximate surface area is 164 Å². The van der Waals surface area contributed by atoms with E-state index in [9.17, 15) is 13.2 Å². The summed E-state index contributed by atoms with van der Waals surface area (Å²) in [7, 11) is -3.55. The Morgan fingerprint density at radius 2 is 1.85 bits per heavy atom. The van der Waals surface area contributed by atoms with E-state index < -0.39 is 10.0 Å². The van der Waals surface area contributed by atoms with Crippen molar-refractivity contribution in [1.82, 2.24) is 9.21 Å². The lowest BCUT2D eigenvalue weighted by atomic mass is 10.1. The fourth-order valence-electron chi connectivity index (χ4n) is 3.86. The number of sulfonamides is 1. The zero-order valence-corrected chi connectivity index (χ0v) is 17.1. The molecule has 144 valence electrons. The van der Waals surface area contributed by atoms with Gasteiger partial charge in [-0.3, -0.25) is 4.79 Å². The van der Waals surface area contributed by atoms with E-state index in [4.69, 9.17) is 0 Å². The Hall–Kier alpha value is -1.70. The fourth-order valence-corrected chi connectivity index (χ4v) is 6.52. The molecule has 1 aromatic heterocycles. The minimum atomic E-state index is -3.55. The molecule has 0 spiro atoms. The molecule has 2 aliphatic heterocycles. The molecule has 0 bridgehead atoms. The predicted octanol–water partition coefficient (Wildman–Crippen LogP) is 3.43. The number of aryl methyl sites for hydroxylation is 1. The topological polar surface area (TPSA) is 57.7 Å². The van der Waals surface area contributed by atoms with E-state index in [1.165, 1.54) is 10.4 Å². The summed E-state index contributed by atoms with van der Waals surface area (Å²) in [5.74, 6) is -0.0954. The molecular weight excluding hydrogens is 380 g/mol. The first-order valence-electron chi connectivity index (χ1n) is 9.42. The van der Waals surface area contributed by atoms with E-state index in [2.05, 4.69) is 11.4 Å². The molecule has 5 nitrogen and oxygen atoms in total. The maximum Gasteiger partial charge on any atom is 0.254 e. The van der Waals surface area contributed by atoms with Crippen LogP contribution in [0.1, 0.15) is 45.6 Å². The van der Waals surface area contributed by atoms with Gasteiger partial charge < -0.3 is 4.90 Å². The molecule has 0 aliphatic carbocycles. The number of thiophene rings is 1. The van der Waals surface area contributed by atoms with Crippen molar-refractivity contribution in [2.24, 2.45) is 0 Å². The van der Waals surface area contributed by atoms with Crippen molar-refractivity contribution in [2.75, 3.05) is 19.6 Å². The number of amides is 1. The van der Waals surface area contributed by atoms with Crippen molar-refractivity contribution < 1.29 is 13.2 Å². The molecule has 27 heavy (non-hydrogen) atoms. The van der Waals surface area contributed by atoms with Crippen LogP contribution in [-0.4, -0.2) is 43.2 Å². The van der Waals surface area contributed by atoms with Crippen molar-refractivity contribution in [3.05, 3.63) is 51.2 Å². The summed E-state index contributed by atoms with van der Waals surface area (Å²) in [5.41, 5.74) is 2.35. The summed E-state index contributed by atoms with van der Waals surface area (Å²) in [6, 6.07) is 7.14. The summed E-state index contributed by atoms with van der Waals surface area (Å²) in [6.45, 7) is 4.19. The Morgan fingerprint density at radius 3 is 2.63 bits per heavy atom. The Bertz CT molecular complexity index is 959. The molecule has 3 heterocycles. The minimum Gasteiger partial charge on any atom is -0.334 e. The maximum atomic E-state index is 13.1. The van der Waals surface area contributed by atoms with Crippen molar-refractivity contribution in [1.29, 1.82) is 0 Å². The van der Waals surface area contributed by atoms with Crippen LogP contribution < -0.4 is 0 Å². The Morgan fingerprint density at radius 1 is 1.07 bits per heavy atom. The van der Waals surface area contributed by atoms with Gasteiger partial charge in [0.15, 0.2) is 0 Å². The minimum absolute atomic E-state index is 0.0954. The third-order valence-corrected chi connectivity index (χ3v) is 8.53. The molecule has 1 fully saturated rings. The first-order chi connectivity index (χ1) is 13.0. The lowest BCUT2D eigenvalue weighted by Gasteiger charge is -2.28. The van der Waals surface area contributed by atoms with Crippen molar-refractivity contribution in [3.8, 4) is 0 Å². The number of carbonyl (C=O) groups is 1. The molecule has 7 heteroatoms. The van der Waals surface area contributed by atoms with Gasteiger partial charge in [0.2, 0.25) is 10.0 Å². The smallest absolute Gasteiger partial charge is 0.254 e. The van der Waals surface area contributed by atoms with Crippen LogP contribution in [-0.2, 0) is 23.0 Å². The van der Waals surface area contributed by atoms with Crippen molar-refractivity contribution in [2.45, 2.75) is 44.0 Å². The molecule has 1 aromatic carbocycles. The van der Waals surface area contributed by atoms with E-state index in [1.807, 2.05) is 4.90 Å². The lowest BCUT2D eigenvalue weighted by molar-refractivity contribution is 0.0735. The highest BCUT2D eigenvalue weighted by atomic mass is 32.2. The summed E-state index contributed by atoms with van der Waals surface area (Å²) >= 11 is 1.74. The molecule has 0 N–H and O–H groups in total. The van der Waals surface area contributed by atoms with Gasteiger partial charge in [0, 0.05) is 36.6 Å². The van der Waals surface area contributed by atoms with Gasteiger partial charge in [0.25, 0.3) is 5.91 Å². The number of nitrogens with zero attached hydrogens (tertiary/aromatic N) is 2. The molecule has 2 aromatic rings. The van der Waals surface area contributed by atoms with Crippen molar-refractivity contribution >= 4 is 27.3 Å².